The van der Waals surface area contributed by atoms with Crippen molar-refractivity contribution in [1.82, 2.24) is 4.31 Å². The van der Waals surface area contributed by atoms with Crippen LogP contribution in [0.15, 0.2) is 24.3 Å². The molecule has 1 N–H and O–H groups in total. The molecule has 0 saturated carbocycles. The van der Waals surface area contributed by atoms with E-state index in [1.54, 1.807) is 0 Å². The molecule has 0 aliphatic carbocycles. The maximum Gasteiger partial charge on any atom is 0.239 e. The summed E-state index contributed by atoms with van der Waals surface area (Å²) in [4.78, 5) is 12.1. The molecule has 0 radical (unpaired) electrons. The number of carbonyl (C=O) groups is 1. The van der Waals surface area contributed by atoms with Crippen LogP contribution in [-0.2, 0) is 24.7 Å². The van der Waals surface area contributed by atoms with Gasteiger partial charge in [0.15, 0.2) is 9.84 Å². The van der Waals surface area contributed by atoms with Gasteiger partial charge in [-0.15, -0.1) is 0 Å². The molecule has 0 bridgehead atoms. The van der Waals surface area contributed by atoms with Crippen LogP contribution in [0, 0.1) is 11.3 Å². The van der Waals surface area contributed by atoms with Gasteiger partial charge < -0.3 is 5.32 Å². The van der Waals surface area contributed by atoms with Crippen molar-refractivity contribution in [2.75, 3.05) is 29.6 Å². The Morgan fingerprint density at radius 2 is 2.00 bits per heavy atom. The van der Waals surface area contributed by atoms with E-state index in [4.69, 9.17) is 5.26 Å². The van der Waals surface area contributed by atoms with E-state index < -0.39 is 38.4 Å². The van der Waals surface area contributed by atoms with Gasteiger partial charge in [-0.1, -0.05) is 0 Å². The van der Waals surface area contributed by atoms with Gasteiger partial charge in [-0.3, -0.25) is 4.79 Å². The first-order valence-corrected chi connectivity index (χ1v) is 10.7. The average Bonchev–Trinajstić information content (AvgIpc) is 2.84. The fourth-order valence-corrected chi connectivity index (χ4v) is 5.39. The van der Waals surface area contributed by atoms with Gasteiger partial charge in [0, 0.05) is 11.7 Å². The lowest BCUT2D eigenvalue weighted by molar-refractivity contribution is -0.116. The molecule has 2 rings (SSSR count). The molecule has 1 aliphatic heterocycles. The molecular formula is C14H17N3O5S2. The van der Waals surface area contributed by atoms with E-state index in [1.807, 2.05) is 6.07 Å². The summed E-state index contributed by atoms with van der Waals surface area (Å²) in [6, 6.07) is 7.32. The van der Waals surface area contributed by atoms with E-state index in [-0.39, 0.29) is 17.9 Å². The van der Waals surface area contributed by atoms with Crippen molar-refractivity contribution in [2.24, 2.45) is 0 Å². The first kappa shape index (κ1) is 18.4. The summed E-state index contributed by atoms with van der Waals surface area (Å²) >= 11 is 0. The van der Waals surface area contributed by atoms with Gasteiger partial charge in [-0.05, 0) is 30.7 Å². The summed E-state index contributed by atoms with van der Waals surface area (Å²) in [6.45, 7) is -0.459. The second kappa shape index (κ2) is 6.88. The SMILES string of the molecule is CS(=O)(=O)N(CC(=O)Nc1ccc(C#N)cc1)C1CCS(=O)(=O)C1. The van der Waals surface area contributed by atoms with Crippen LogP contribution < -0.4 is 5.32 Å². The highest BCUT2D eigenvalue weighted by molar-refractivity contribution is 7.92. The lowest BCUT2D eigenvalue weighted by atomic mass is 10.2. The minimum atomic E-state index is -3.73. The monoisotopic (exact) mass is 371 g/mol. The van der Waals surface area contributed by atoms with E-state index in [0.717, 1.165) is 10.6 Å². The molecule has 1 fully saturated rings. The predicted octanol–water partition coefficient (Wildman–Crippen LogP) is -0.0545. The molecular weight excluding hydrogens is 354 g/mol. The van der Waals surface area contributed by atoms with Gasteiger partial charge in [0.2, 0.25) is 15.9 Å². The van der Waals surface area contributed by atoms with E-state index in [2.05, 4.69) is 5.32 Å². The largest absolute Gasteiger partial charge is 0.325 e. The van der Waals surface area contributed by atoms with E-state index in [1.165, 1.54) is 24.3 Å². The Bertz CT molecular complexity index is 870. The van der Waals surface area contributed by atoms with E-state index in [9.17, 15) is 21.6 Å². The van der Waals surface area contributed by atoms with Crippen LogP contribution in [0.5, 0.6) is 0 Å². The predicted molar refractivity (Wildman–Crippen MR) is 88.4 cm³/mol. The third-order valence-corrected chi connectivity index (χ3v) is 6.67. The topological polar surface area (TPSA) is 124 Å². The Morgan fingerprint density at radius 3 is 2.46 bits per heavy atom. The van der Waals surface area contributed by atoms with Crippen molar-refractivity contribution in [3.63, 3.8) is 0 Å². The molecule has 10 heteroatoms. The lowest BCUT2D eigenvalue weighted by Gasteiger charge is -2.24. The number of hydrogen-bond donors (Lipinski definition) is 1. The molecule has 1 atom stereocenters. The number of carbonyl (C=O) groups excluding carboxylic acids is 1. The molecule has 1 unspecified atom stereocenters. The Kier molecular flexibility index (Phi) is 5.27. The summed E-state index contributed by atoms with van der Waals surface area (Å²) < 4.78 is 47.9. The zero-order chi connectivity index (χ0) is 18.0. The number of anilines is 1. The zero-order valence-corrected chi connectivity index (χ0v) is 14.6. The Labute approximate surface area is 141 Å². The summed E-state index contributed by atoms with van der Waals surface area (Å²) in [6.07, 6.45) is 1.13. The highest BCUT2D eigenvalue weighted by Crippen LogP contribution is 2.20. The second-order valence-corrected chi connectivity index (χ2v) is 9.77. The van der Waals surface area contributed by atoms with Gasteiger partial charge in [-0.2, -0.15) is 9.57 Å². The highest BCUT2D eigenvalue weighted by Gasteiger charge is 2.37. The van der Waals surface area contributed by atoms with Gasteiger partial charge in [0.25, 0.3) is 0 Å². The van der Waals surface area contributed by atoms with Crippen molar-refractivity contribution in [1.29, 1.82) is 5.26 Å². The Morgan fingerprint density at radius 1 is 1.38 bits per heavy atom. The number of rotatable bonds is 5. The van der Waals surface area contributed by atoms with Gasteiger partial charge in [0.1, 0.15) is 0 Å². The molecule has 0 aromatic heterocycles. The summed E-state index contributed by atoms with van der Waals surface area (Å²) in [5.74, 6) is -0.931. The van der Waals surface area contributed by atoms with Crippen molar-refractivity contribution < 1.29 is 21.6 Å². The fraction of sp³-hybridized carbons (Fsp3) is 0.429. The fourth-order valence-electron chi connectivity index (χ4n) is 2.49. The lowest BCUT2D eigenvalue weighted by Crippen LogP contribution is -2.44. The summed E-state index contributed by atoms with van der Waals surface area (Å²) in [5, 5.41) is 11.3. The van der Waals surface area contributed by atoms with Crippen molar-refractivity contribution in [3.05, 3.63) is 29.8 Å². The molecule has 1 aromatic rings. The number of nitriles is 1. The molecule has 1 heterocycles. The van der Waals surface area contributed by atoms with Crippen LogP contribution in [0.3, 0.4) is 0 Å². The minimum absolute atomic E-state index is 0.0824. The van der Waals surface area contributed by atoms with Gasteiger partial charge >= 0.3 is 0 Å². The molecule has 1 saturated heterocycles. The van der Waals surface area contributed by atoms with Gasteiger partial charge in [0.05, 0.1) is 35.9 Å². The third kappa shape index (κ3) is 4.77. The first-order valence-electron chi connectivity index (χ1n) is 7.08. The Hall–Kier alpha value is -1.96. The minimum Gasteiger partial charge on any atom is -0.325 e. The highest BCUT2D eigenvalue weighted by atomic mass is 32.2. The maximum atomic E-state index is 12.1. The molecule has 130 valence electrons. The van der Waals surface area contributed by atoms with Crippen LogP contribution in [0.1, 0.15) is 12.0 Å². The molecule has 1 aliphatic rings. The second-order valence-electron chi connectivity index (χ2n) is 5.60. The number of nitrogens with zero attached hydrogens (tertiary/aromatic N) is 2. The number of benzene rings is 1. The van der Waals surface area contributed by atoms with E-state index in [0.29, 0.717) is 11.3 Å². The average molecular weight is 371 g/mol. The number of nitrogens with one attached hydrogen (secondary N) is 1. The standard InChI is InChI=1S/C14H17N3O5S2/c1-23(19,20)17(13-6-7-24(21,22)10-13)9-14(18)16-12-4-2-11(8-15)3-5-12/h2-5,13H,6-7,9-10H2,1H3,(H,16,18). The molecule has 0 spiro atoms. The Balaban J connectivity index is 2.09. The van der Waals surface area contributed by atoms with Crippen molar-refractivity contribution in [3.8, 4) is 6.07 Å². The van der Waals surface area contributed by atoms with Crippen LogP contribution in [0.2, 0.25) is 0 Å². The van der Waals surface area contributed by atoms with Crippen LogP contribution in [-0.4, -0.2) is 57.4 Å². The van der Waals surface area contributed by atoms with Crippen molar-refractivity contribution in [2.45, 2.75) is 12.5 Å². The quantitative estimate of drug-likeness (QED) is 0.773. The molecule has 24 heavy (non-hydrogen) atoms. The van der Waals surface area contributed by atoms with Crippen LogP contribution in [0.25, 0.3) is 0 Å². The molecule has 1 amide bonds. The smallest absolute Gasteiger partial charge is 0.239 e. The maximum absolute atomic E-state index is 12.1. The first-order chi connectivity index (χ1) is 11.1. The third-order valence-electron chi connectivity index (χ3n) is 3.64. The molecule has 1 aromatic carbocycles. The normalized spacial score (nSPS) is 19.8. The number of hydrogen-bond acceptors (Lipinski definition) is 6. The number of sulfone groups is 1. The van der Waals surface area contributed by atoms with Crippen molar-refractivity contribution >= 4 is 31.5 Å². The number of amides is 1. The van der Waals surface area contributed by atoms with E-state index >= 15 is 0 Å². The number of sulfonamides is 1. The van der Waals surface area contributed by atoms with Crippen LogP contribution in [0.4, 0.5) is 5.69 Å². The summed E-state index contributed by atoms with van der Waals surface area (Å²) in [5.41, 5.74) is 0.855. The zero-order valence-electron chi connectivity index (χ0n) is 13.0. The van der Waals surface area contributed by atoms with Gasteiger partial charge in [-0.25, -0.2) is 16.8 Å². The van der Waals surface area contributed by atoms with Crippen LogP contribution >= 0.6 is 0 Å². The molecule has 8 nitrogen and oxygen atoms in total. The summed E-state index contributed by atoms with van der Waals surface area (Å²) in [7, 11) is -7.00.